The van der Waals surface area contributed by atoms with E-state index in [2.05, 4.69) is 14.6 Å². The van der Waals surface area contributed by atoms with Crippen LogP contribution in [0.25, 0.3) is 0 Å². The van der Waals surface area contributed by atoms with Gasteiger partial charge in [-0.1, -0.05) is 20.8 Å². The van der Waals surface area contributed by atoms with Crippen molar-refractivity contribution in [2.75, 3.05) is 11.9 Å². The molecule has 0 spiro atoms. The lowest BCUT2D eigenvalue weighted by Crippen LogP contribution is -2.47. The molecule has 2 saturated heterocycles. The number of amides is 3. The number of anilines is 1. The number of piperidine rings is 1. The lowest BCUT2D eigenvalue weighted by Gasteiger charge is -2.29. The molecule has 0 saturated carbocycles. The van der Waals surface area contributed by atoms with Crippen LogP contribution in [0.2, 0.25) is 0 Å². The summed E-state index contributed by atoms with van der Waals surface area (Å²) < 4.78 is 35.0. The molecule has 2 aliphatic heterocycles. The molecule has 2 atom stereocenters. The smallest absolute Gasteiger partial charge is 0.363 e. The number of aromatic nitrogens is 1. The Bertz CT molecular complexity index is 827. The Morgan fingerprint density at radius 3 is 2.69 bits per heavy atom. The van der Waals surface area contributed by atoms with Gasteiger partial charge in [-0.3, -0.25) is 9.35 Å². The van der Waals surface area contributed by atoms with Crippen molar-refractivity contribution < 1.29 is 26.8 Å². The third-order valence-electron chi connectivity index (χ3n) is 4.55. The number of hydrogen-bond donors (Lipinski definition) is 3. The average Bonchev–Trinajstić information content (AvgIpc) is 3.06. The standard InChI is InChI=1S/C15H22N4O6S/c1-15(2,3)12-10(6-7-16-12)17-13(20)11-5-4-9-8-18(11)14(21)19(9)25-26(22,23)24/h6-7,9,11,16H,4-5,8H2,1-3H3,(H,17,20)(H,22,23,24)/t9-,11+/m1/s1. The molecule has 3 amide bonds. The van der Waals surface area contributed by atoms with Gasteiger partial charge >= 0.3 is 16.4 Å². The molecule has 3 heterocycles. The van der Waals surface area contributed by atoms with Gasteiger partial charge in [0.2, 0.25) is 5.91 Å². The van der Waals surface area contributed by atoms with Crippen LogP contribution in [-0.2, 0) is 24.9 Å². The van der Waals surface area contributed by atoms with Crippen molar-refractivity contribution in [1.82, 2.24) is 14.9 Å². The molecule has 144 valence electrons. The van der Waals surface area contributed by atoms with Crippen molar-refractivity contribution in [3.05, 3.63) is 18.0 Å². The van der Waals surface area contributed by atoms with Gasteiger partial charge in [0.05, 0.1) is 11.7 Å². The topological polar surface area (TPSA) is 132 Å². The monoisotopic (exact) mass is 386 g/mol. The third-order valence-corrected chi connectivity index (χ3v) is 4.90. The van der Waals surface area contributed by atoms with E-state index >= 15 is 0 Å². The SMILES string of the molecule is CC(C)(C)c1[nH]ccc1NC(=O)[C@@H]1CC[C@@H]2CN1C(=O)N2OS(=O)(=O)O. The Morgan fingerprint density at radius 2 is 2.08 bits per heavy atom. The summed E-state index contributed by atoms with van der Waals surface area (Å²) in [6, 6.07) is -0.262. The molecule has 3 N–H and O–H groups in total. The van der Waals surface area contributed by atoms with Crippen molar-refractivity contribution in [2.24, 2.45) is 0 Å². The molecular formula is C15H22N4O6S. The zero-order valence-corrected chi connectivity index (χ0v) is 15.5. The normalized spacial score (nSPS) is 23.5. The molecule has 0 radical (unpaired) electrons. The van der Waals surface area contributed by atoms with Gasteiger partial charge in [-0.2, -0.15) is 13.5 Å². The van der Waals surface area contributed by atoms with Crippen LogP contribution < -0.4 is 5.32 Å². The van der Waals surface area contributed by atoms with Crippen molar-refractivity contribution in [3.63, 3.8) is 0 Å². The highest BCUT2D eigenvalue weighted by molar-refractivity contribution is 7.80. The van der Waals surface area contributed by atoms with Gasteiger partial charge in [-0.25, -0.2) is 4.79 Å². The quantitative estimate of drug-likeness (QED) is 0.667. The third kappa shape index (κ3) is 3.55. The van der Waals surface area contributed by atoms with E-state index in [4.69, 9.17) is 4.55 Å². The molecular weight excluding hydrogens is 364 g/mol. The number of H-pyrrole nitrogens is 1. The highest BCUT2D eigenvalue weighted by Gasteiger charge is 2.49. The Balaban J connectivity index is 1.75. The first-order chi connectivity index (χ1) is 12.0. The first-order valence-electron chi connectivity index (χ1n) is 8.23. The molecule has 2 aliphatic rings. The molecule has 2 fully saturated rings. The minimum absolute atomic E-state index is 0.158. The van der Waals surface area contributed by atoms with Gasteiger partial charge in [-0.05, 0) is 18.9 Å². The fourth-order valence-corrected chi connectivity index (χ4v) is 3.80. The van der Waals surface area contributed by atoms with Gasteiger partial charge in [0.1, 0.15) is 6.04 Å². The van der Waals surface area contributed by atoms with Crippen LogP contribution in [0.5, 0.6) is 0 Å². The number of fused-ring (bicyclic) bond motifs is 2. The first kappa shape index (κ1) is 18.7. The predicted molar refractivity (Wildman–Crippen MR) is 91.5 cm³/mol. The maximum atomic E-state index is 12.7. The minimum Gasteiger partial charge on any atom is -0.363 e. The lowest BCUT2D eigenvalue weighted by atomic mass is 9.91. The Hall–Kier alpha value is -2.11. The van der Waals surface area contributed by atoms with Crippen LogP contribution in [0.4, 0.5) is 10.5 Å². The number of hydrogen-bond acceptors (Lipinski definition) is 5. The molecule has 2 bridgehead atoms. The Labute approximate surface area is 151 Å². The van der Waals surface area contributed by atoms with E-state index in [-0.39, 0.29) is 17.9 Å². The average molecular weight is 386 g/mol. The van der Waals surface area contributed by atoms with Crippen LogP contribution in [-0.4, -0.2) is 58.5 Å². The van der Waals surface area contributed by atoms with Crippen molar-refractivity contribution in [3.8, 4) is 0 Å². The van der Waals surface area contributed by atoms with Crippen LogP contribution in [0, 0.1) is 0 Å². The van der Waals surface area contributed by atoms with Gasteiger partial charge < -0.3 is 15.2 Å². The van der Waals surface area contributed by atoms with Crippen molar-refractivity contribution in [1.29, 1.82) is 0 Å². The first-order valence-corrected chi connectivity index (χ1v) is 9.59. The second-order valence-corrected chi connectivity index (χ2v) is 8.52. The van der Waals surface area contributed by atoms with Crippen LogP contribution in [0.15, 0.2) is 12.3 Å². The number of carbonyl (C=O) groups excluding carboxylic acids is 2. The highest BCUT2D eigenvalue weighted by Crippen LogP contribution is 2.32. The number of aromatic amines is 1. The highest BCUT2D eigenvalue weighted by atomic mass is 32.3. The van der Waals surface area contributed by atoms with E-state index in [0.29, 0.717) is 23.6 Å². The zero-order valence-electron chi connectivity index (χ0n) is 14.7. The molecule has 11 heteroatoms. The summed E-state index contributed by atoms with van der Waals surface area (Å²) >= 11 is 0. The lowest BCUT2D eigenvalue weighted by molar-refractivity contribution is -0.120. The van der Waals surface area contributed by atoms with Gasteiger partial charge in [0.15, 0.2) is 0 Å². The van der Waals surface area contributed by atoms with Gasteiger partial charge in [0, 0.05) is 23.9 Å². The molecule has 10 nitrogen and oxygen atoms in total. The summed E-state index contributed by atoms with van der Waals surface area (Å²) in [5.74, 6) is -0.351. The van der Waals surface area contributed by atoms with E-state index in [1.165, 1.54) is 4.90 Å². The zero-order chi connectivity index (χ0) is 19.3. The van der Waals surface area contributed by atoms with Crippen LogP contribution in [0.1, 0.15) is 39.3 Å². The summed E-state index contributed by atoms with van der Waals surface area (Å²) in [7, 11) is -4.81. The van der Waals surface area contributed by atoms with E-state index in [1.54, 1.807) is 12.3 Å². The molecule has 3 rings (SSSR count). The van der Waals surface area contributed by atoms with Crippen molar-refractivity contribution in [2.45, 2.75) is 51.1 Å². The van der Waals surface area contributed by atoms with E-state index in [0.717, 1.165) is 5.69 Å². The number of urea groups is 1. The maximum Gasteiger partial charge on any atom is 0.418 e. The second-order valence-electron chi connectivity index (χ2n) is 7.52. The van der Waals surface area contributed by atoms with Gasteiger partial charge in [0.25, 0.3) is 0 Å². The fourth-order valence-electron chi connectivity index (χ4n) is 3.41. The molecule has 0 aliphatic carbocycles. The van der Waals surface area contributed by atoms with Gasteiger partial charge in [-0.15, -0.1) is 4.28 Å². The molecule has 0 unspecified atom stereocenters. The fraction of sp³-hybridized carbons (Fsp3) is 0.600. The molecule has 0 aromatic carbocycles. The number of nitrogens with zero attached hydrogens (tertiary/aromatic N) is 2. The summed E-state index contributed by atoms with van der Waals surface area (Å²) in [5, 5.41) is 3.47. The second kappa shape index (κ2) is 6.25. The Kier molecular flexibility index (Phi) is 4.49. The number of nitrogens with one attached hydrogen (secondary N) is 2. The van der Waals surface area contributed by atoms with Crippen molar-refractivity contribution >= 4 is 28.0 Å². The summed E-state index contributed by atoms with van der Waals surface area (Å²) in [4.78, 5) is 29.5. The summed E-state index contributed by atoms with van der Waals surface area (Å²) in [6.07, 6.45) is 2.48. The molecule has 1 aromatic heterocycles. The predicted octanol–water partition coefficient (Wildman–Crippen LogP) is 1.25. The number of carbonyl (C=O) groups is 2. The minimum atomic E-state index is -4.81. The van der Waals surface area contributed by atoms with E-state index < -0.39 is 28.5 Å². The van der Waals surface area contributed by atoms with E-state index in [9.17, 15) is 18.0 Å². The summed E-state index contributed by atoms with van der Waals surface area (Å²) in [5.41, 5.74) is 1.30. The Morgan fingerprint density at radius 1 is 1.38 bits per heavy atom. The molecule has 1 aromatic rings. The maximum absolute atomic E-state index is 12.7. The van der Waals surface area contributed by atoms with Crippen LogP contribution in [0.3, 0.4) is 0 Å². The number of hydroxylamine groups is 2. The largest absolute Gasteiger partial charge is 0.418 e. The number of rotatable bonds is 4. The molecule has 26 heavy (non-hydrogen) atoms. The van der Waals surface area contributed by atoms with E-state index in [1.807, 2.05) is 20.8 Å². The van der Waals surface area contributed by atoms with Crippen LogP contribution >= 0.6 is 0 Å². The summed E-state index contributed by atoms with van der Waals surface area (Å²) in [6.45, 7) is 6.18.